The highest BCUT2D eigenvalue weighted by molar-refractivity contribution is 5.41. The van der Waals surface area contributed by atoms with Gasteiger partial charge in [-0.25, -0.2) is 0 Å². The van der Waals surface area contributed by atoms with Gasteiger partial charge in [0.05, 0.1) is 6.10 Å². The molecule has 1 aromatic carbocycles. The van der Waals surface area contributed by atoms with Crippen molar-refractivity contribution in [2.75, 3.05) is 7.11 Å². The minimum absolute atomic E-state index is 0.119. The number of fused-ring (bicyclic) bond motifs is 5. The van der Waals surface area contributed by atoms with Crippen LogP contribution in [0.2, 0.25) is 0 Å². The molecule has 1 aromatic rings. The summed E-state index contributed by atoms with van der Waals surface area (Å²) in [4.78, 5) is 0. The van der Waals surface area contributed by atoms with Crippen molar-refractivity contribution >= 4 is 0 Å². The molecule has 3 heteroatoms. The fraction of sp³-hybridized carbons (Fsp3) is 0.619. The van der Waals surface area contributed by atoms with Gasteiger partial charge in [-0.2, -0.15) is 0 Å². The smallest absolute Gasteiger partial charge is 0.130 e. The van der Waals surface area contributed by atoms with Gasteiger partial charge in [-0.05, 0) is 73.1 Å². The fourth-order valence-electron chi connectivity index (χ4n) is 6.05. The number of benzene rings is 1. The number of aliphatic hydroxyl groups is 1. The summed E-state index contributed by atoms with van der Waals surface area (Å²) in [7, 11) is 1.78. The van der Waals surface area contributed by atoms with Gasteiger partial charge in [-0.3, -0.25) is 0 Å². The standard InChI is InChI=1S/C21H26O3/c1-4-21(23)10-8-17-19-16(7-9-20(17,21)2)15-6-5-14(22)11-13(15)12-18(19)24-3/h1,5-6,11,16-19,22-23H,7-10,12H2,2-3H3/t16-,17+,18-,19-,20+,21+/m1/s1. The summed E-state index contributed by atoms with van der Waals surface area (Å²) in [5, 5.41) is 20.9. The molecule has 3 aliphatic carbocycles. The first-order valence-corrected chi connectivity index (χ1v) is 8.98. The first-order chi connectivity index (χ1) is 11.4. The Labute approximate surface area is 144 Å². The number of aromatic hydroxyl groups is 1. The predicted molar refractivity (Wildman–Crippen MR) is 92.7 cm³/mol. The molecule has 2 N–H and O–H groups in total. The van der Waals surface area contributed by atoms with Crippen LogP contribution in [0, 0.1) is 29.6 Å². The van der Waals surface area contributed by atoms with E-state index in [-0.39, 0.29) is 11.5 Å². The van der Waals surface area contributed by atoms with E-state index in [2.05, 4.69) is 18.9 Å². The van der Waals surface area contributed by atoms with Crippen molar-refractivity contribution in [3.63, 3.8) is 0 Å². The summed E-state index contributed by atoms with van der Waals surface area (Å²) in [5.41, 5.74) is 1.34. The average Bonchev–Trinajstić information content (AvgIpc) is 2.85. The quantitative estimate of drug-likeness (QED) is 0.779. The molecule has 0 bridgehead atoms. The second-order valence-electron chi connectivity index (χ2n) is 8.15. The molecule has 0 amide bonds. The maximum Gasteiger partial charge on any atom is 0.130 e. The zero-order valence-electron chi connectivity index (χ0n) is 14.5. The Morgan fingerprint density at radius 3 is 2.79 bits per heavy atom. The molecule has 0 saturated heterocycles. The zero-order chi connectivity index (χ0) is 17.1. The molecule has 0 aliphatic heterocycles. The van der Waals surface area contributed by atoms with Crippen LogP contribution in [-0.2, 0) is 11.2 Å². The van der Waals surface area contributed by atoms with Gasteiger partial charge in [0.15, 0.2) is 0 Å². The molecule has 0 radical (unpaired) electrons. The lowest BCUT2D eigenvalue weighted by Gasteiger charge is -2.54. The molecule has 128 valence electrons. The summed E-state index contributed by atoms with van der Waals surface area (Å²) in [6.07, 6.45) is 10.3. The lowest BCUT2D eigenvalue weighted by Crippen LogP contribution is -2.53. The third-order valence-electron chi connectivity index (χ3n) is 7.40. The van der Waals surface area contributed by atoms with Crippen molar-refractivity contribution in [2.24, 2.45) is 17.3 Å². The van der Waals surface area contributed by atoms with Crippen LogP contribution >= 0.6 is 0 Å². The molecule has 0 spiro atoms. The highest BCUT2D eigenvalue weighted by Gasteiger charge is 2.62. The van der Waals surface area contributed by atoms with E-state index in [1.165, 1.54) is 11.1 Å². The Kier molecular flexibility index (Phi) is 3.50. The van der Waals surface area contributed by atoms with Crippen LogP contribution in [0.15, 0.2) is 18.2 Å². The van der Waals surface area contributed by atoms with Crippen LogP contribution in [0.4, 0.5) is 0 Å². The fourth-order valence-corrected chi connectivity index (χ4v) is 6.05. The second kappa shape index (κ2) is 5.25. The molecular weight excluding hydrogens is 300 g/mol. The van der Waals surface area contributed by atoms with Crippen LogP contribution in [-0.4, -0.2) is 29.0 Å². The highest BCUT2D eigenvalue weighted by atomic mass is 16.5. The van der Waals surface area contributed by atoms with Gasteiger partial charge in [0.25, 0.3) is 0 Å². The molecule has 4 rings (SSSR count). The van der Waals surface area contributed by atoms with Gasteiger partial charge in [0, 0.05) is 12.5 Å². The highest BCUT2D eigenvalue weighted by Crippen LogP contribution is 2.64. The average molecular weight is 326 g/mol. The Balaban J connectivity index is 1.78. The molecule has 0 unspecified atom stereocenters. The first kappa shape index (κ1) is 16.0. The van der Waals surface area contributed by atoms with Gasteiger partial charge >= 0.3 is 0 Å². The maximum absolute atomic E-state index is 11.0. The lowest BCUT2D eigenvalue weighted by molar-refractivity contribution is -0.0978. The van der Waals surface area contributed by atoms with Gasteiger partial charge in [0.1, 0.15) is 11.4 Å². The van der Waals surface area contributed by atoms with E-state index in [1.807, 2.05) is 6.07 Å². The second-order valence-corrected chi connectivity index (χ2v) is 8.15. The minimum atomic E-state index is -0.990. The third kappa shape index (κ3) is 1.93. The largest absolute Gasteiger partial charge is 0.508 e. The van der Waals surface area contributed by atoms with Gasteiger partial charge < -0.3 is 14.9 Å². The summed E-state index contributed by atoms with van der Waals surface area (Å²) in [5.74, 6) is 4.23. The van der Waals surface area contributed by atoms with E-state index < -0.39 is 5.60 Å². The summed E-state index contributed by atoms with van der Waals surface area (Å²) >= 11 is 0. The summed E-state index contributed by atoms with van der Waals surface area (Å²) in [6, 6.07) is 5.76. The van der Waals surface area contributed by atoms with Crippen LogP contribution < -0.4 is 0 Å². The van der Waals surface area contributed by atoms with Crippen LogP contribution in [0.5, 0.6) is 5.75 Å². The van der Waals surface area contributed by atoms with E-state index in [1.54, 1.807) is 13.2 Å². The van der Waals surface area contributed by atoms with E-state index in [0.717, 1.165) is 25.7 Å². The van der Waals surface area contributed by atoms with E-state index in [0.29, 0.717) is 29.9 Å². The number of ether oxygens (including phenoxy) is 1. The Morgan fingerprint density at radius 2 is 2.08 bits per heavy atom. The van der Waals surface area contributed by atoms with E-state index in [4.69, 9.17) is 11.2 Å². The van der Waals surface area contributed by atoms with Crippen molar-refractivity contribution in [2.45, 2.75) is 56.7 Å². The molecule has 24 heavy (non-hydrogen) atoms. The van der Waals surface area contributed by atoms with Crippen molar-refractivity contribution in [3.8, 4) is 18.1 Å². The monoisotopic (exact) mass is 326 g/mol. The number of terminal acetylenes is 1. The number of hydrogen-bond acceptors (Lipinski definition) is 3. The van der Waals surface area contributed by atoms with Crippen LogP contribution in [0.25, 0.3) is 0 Å². The van der Waals surface area contributed by atoms with E-state index >= 15 is 0 Å². The van der Waals surface area contributed by atoms with Crippen molar-refractivity contribution < 1.29 is 14.9 Å². The number of hydrogen-bond donors (Lipinski definition) is 2. The molecule has 0 aromatic heterocycles. The molecule has 3 aliphatic rings. The van der Waals surface area contributed by atoms with Crippen molar-refractivity contribution in [1.29, 1.82) is 0 Å². The number of methoxy groups -OCH3 is 1. The van der Waals surface area contributed by atoms with Crippen LogP contribution in [0.3, 0.4) is 0 Å². The minimum Gasteiger partial charge on any atom is -0.508 e. The topological polar surface area (TPSA) is 49.7 Å². The number of phenols is 1. The summed E-state index contributed by atoms with van der Waals surface area (Å²) < 4.78 is 5.90. The molecular formula is C21H26O3. The Morgan fingerprint density at radius 1 is 1.29 bits per heavy atom. The molecule has 6 atom stereocenters. The van der Waals surface area contributed by atoms with Crippen LogP contribution in [0.1, 0.15) is 49.7 Å². The molecule has 2 fully saturated rings. The molecule has 2 saturated carbocycles. The summed E-state index contributed by atoms with van der Waals surface area (Å²) in [6.45, 7) is 2.18. The maximum atomic E-state index is 11.0. The molecule has 0 heterocycles. The predicted octanol–water partition coefficient (Wildman–Crippen LogP) is 3.24. The van der Waals surface area contributed by atoms with E-state index in [9.17, 15) is 10.2 Å². The first-order valence-electron chi connectivity index (χ1n) is 8.98. The number of rotatable bonds is 1. The van der Waals surface area contributed by atoms with Crippen molar-refractivity contribution in [3.05, 3.63) is 29.3 Å². The lowest BCUT2D eigenvalue weighted by atomic mass is 9.52. The molecule has 3 nitrogen and oxygen atoms in total. The normalized spacial score (nSPS) is 43.4. The third-order valence-corrected chi connectivity index (χ3v) is 7.40. The van der Waals surface area contributed by atoms with Gasteiger partial charge in [-0.15, -0.1) is 6.42 Å². The Hall–Kier alpha value is -1.50. The Bertz CT molecular complexity index is 706. The number of phenolic OH excluding ortho intramolecular Hbond substituents is 1. The van der Waals surface area contributed by atoms with Gasteiger partial charge in [-0.1, -0.05) is 18.9 Å². The van der Waals surface area contributed by atoms with Crippen molar-refractivity contribution in [1.82, 2.24) is 0 Å². The van der Waals surface area contributed by atoms with Gasteiger partial charge in [0.2, 0.25) is 0 Å². The zero-order valence-corrected chi connectivity index (χ0v) is 14.5. The SMILES string of the molecule is C#C[C@]1(O)CC[C@H]2[C@H]3[C@H](CC[C@@]21C)c1ccc(O)cc1C[C@H]3OC.